The van der Waals surface area contributed by atoms with Crippen LogP contribution in [0.5, 0.6) is 0 Å². The Hall–Kier alpha value is -0.570. The monoisotopic (exact) mass is 240 g/mol. The number of hydrogen-bond donors (Lipinski definition) is 1. The van der Waals surface area contributed by atoms with Gasteiger partial charge in [-0.1, -0.05) is 17.7 Å². The number of rotatable bonds is 2. The molecule has 16 heavy (non-hydrogen) atoms. The van der Waals surface area contributed by atoms with Crippen LogP contribution in [0.1, 0.15) is 30.1 Å². The number of aliphatic hydroxyl groups is 1. The smallest absolute Gasteiger partial charge is 0.0843 e. The summed E-state index contributed by atoms with van der Waals surface area (Å²) in [5.74, 6) is 0.200. The molecule has 0 aromatic heterocycles. The quantitative estimate of drug-likeness (QED) is 0.861. The van der Waals surface area contributed by atoms with E-state index in [2.05, 4.69) is 0 Å². The molecule has 1 aromatic carbocycles. The molecule has 1 N–H and O–H groups in total. The topological polar surface area (TPSA) is 29.5 Å². The summed E-state index contributed by atoms with van der Waals surface area (Å²) in [7, 11) is 0. The van der Waals surface area contributed by atoms with Crippen molar-refractivity contribution >= 4 is 11.6 Å². The minimum atomic E-state index is -0.459. The molecule has 0 bridgehead atoms. The summed E-state index contributed by atoms with van der Waals surface area (Å²) < 4.78 is 5.40. The predicted molar refractivity (Wildman–Crippen MR) is 64.7 cm³/mol. The maximum atomic E-state index is 10.3. The molecule has 88 valence electrons. The van der Waals surface area contributed by atoms with Gasteiger partial charge in [0.25, 0.3) is 0 Å². The Kier molecular flexibility index (Phi) is 3.85. The number of aryl methyl sites for hydroxylation is 1. The molecule has 1 heterocycles. The van der Waals surface area contributed by atoms with Crippen LogP contribution >= 0.6 is 11.6 Å². The van der Waals surface area contributed by atoms with Crippen molar-refractivity contribution in [2.75, 3.05) is 13.2 Å². The van der Waals surface area contributed by atoms with Crippen LogP contribution in [0.15, 0.2) is 18.2 Å². The third-order valence-corrected chi connectivity index (χ3v) is 3.44. The fourth-order valence-corrected chi connectivity index (χ4v) is 2.38. The van der Waals surface area contributed by atoms with Gasteiger partial charge in [-0.25, -0.2) is 0 Å². The fourth-order valence-electron chi connectivity index (χ4n) is 2.20. The van der Waals surface area contributed by atoms with Gasteiger partial charge in [-0.05, 0) is 43.0 Å². The molecule has 0 amide bonds. The van der Waals surface area contributed by atoms with Crippen LogP contribution in [0.25, 0.3) is 0 Å². The average Bonchev–Trinajstić information content (AvgIpc) is 2.32. The van der Waals surface area contributed by atoms with Crippen molar-refractivity contribution in [3.63, 3.8) is 0 Å². The molecule has 1 fully saturated rings. The summed E-state index contributed by atoms with van der Waals surface area (Å²) >= 11 is 5.96. The Morgan fingerprint density at radius 3 is 3.00 bits per heavy atom. The maximum absolute atomic E-state index is 10.3. The number of benzene rings is 1. The van der Waals surface area contributed by atoms with Crippen molar-refractivity contribution in [1.29, 1.82) is 0 Å². The van der Waals surface area contributed by atoms with Gasteiger partial charge in [0.2, 0.25) is 0 Å². The summed E-state index contributed by atoms with van der Waals surface area (Å²) in [4.78, 5) is 0. The average molecular weight is 241 g/mol. The number of halogens is 1. The van der Waals surface area contributed by atoms with Crippen LogP contribution in [0.4, 0.5) is 0 Å². The van der Waals surface area contributed by atoms with Gasteiger partial charge in [-0.15, -0.1) is 0 Å². The molecular weight excluding hydrogens is 224 g/mol. The Labute approximate surface area is 101 Å². The molecule has 2 rings (SSSR count). The highest BCUT2D eigenvalue weighted by Gasteiger charge is 2.24. The Bertz CT molecular complexity index is 359. The number of ether oxygens (including phenoxy) is 1. The Morgan fingerprint density at radius 1 is 1.50 bits per heavy atom. The third-order valence-electron chi connectivity index (χ3n) is 3.20. The Balaban J connectivity index is 2.18. The fraction of sp³-hybridized carbons (Fsp3) is 0.538. The van der Waals surface area contributed by atoms with Crippen LogP contribution in [0.2, 0.25) is 5.02 Å². The highest BCUT2D eigenvalue weighted by molar-refractivity contribution is 6.30. The molecule has 1 aromatic rings. The van der Waals surface area contributed by atoms with Crippen LogP contribution in [0, 0.1) is 12.8 Å². The van der Waals surface area contributed by atoms with E-state index in [1.165, 1.54) is 0 Å². The lowest BCUT2D eigenvalue weighted by molar-refractivity contribution is -0.0102. The lowest BCUT2D eigenvalue weighted by Crippen LogP contribution is -2.24. The minimum absolute atomic E-state index is 0.200. The molecule has 2 unspecified atom stereocenters. The van der Waals surface area contributed by atoms with E-state index in [4.69, 9.17) is 16.3 Å². The molecule has 0 spiro atoms. The molecule has 0 radical (unpaired) electrons. The van der Waals surface area contributed by atoms with Gasteiger partial charge >= 0.3 is 0 Å². The zero-order valence-corrected chi connectivity index (χ0v) is 10.2. The van der Waals surface area contributed by atoms with E-state index < -0.39 is 6.10 Å². The first-order valence-corrected chi connectivity index (χ1v) is 6.08. The maximum Gasteiger partial charge on any atom is 0.0843 e. The summed E-state index contributed by atoms with van der Waals surface area (Å²) in [6.45, 7) is 3.46. The van der Waals surface area contributed by atoms with Crippen LogP contribution in [0.3, 0.4) is 0 Å². The molecule has 3 heteroatoms. The SMILES string of the molecule is Cc1ccc(Cl)cc1C(O)C1CCCOC1. The van der Waals surface area contributed by atoms with Crippen LogP contribution < -0.4 is 0 Å². The first kappa shape index (κ1) is 11.9. The van der Waals surface area contributed by atoms with Gasteiger partial charge in [0, 0.05) is 17.5 Å². The van der Waals surface area contributed by atoms with Crippen molar-refractivity contribution in [3.05, 3.63) is 34.3 Å². The standard InChI is InChI=1S/C13H17ClO2/c1-9-4-5-11(14)7-12(9)13(15)10-3-2-6-16-8-10/h4-5,7,10,13,15H,2-3,6,8H2,1H3. The van der Waals surface area contributed by atoms with E-state index in [9.17, 15) is 5.11 Å². The summed E-state index contributed by atoms with van der Waals surface area (Å²) in [6.07, 6.45) is 1.59. The predicted octanol–water partition coefficient (Wildman–Crippen LogP) is 3.11. The third kappa shape index (κ3) is 2.57. The second kappa shape index (κ2) is 5.17. The van der Waals surface area contributed by atoms with Crippen molar-refractivity contribution in [2.45, 2.75) is 25.9 Å². The van der Waals surface area contributed by atoms with E-state index in [0.717, 1.165) is 30.6 Å². The second-order valence-electron chi connectivity index (χ2n) is 4.42. The molecule has 2 atom stereocenters. The largest absolute Gasteiger partial charge is 0.388 e. The van der Waals surface area contributed by atoms with Crippen molar-refractivity contribution in [2.24, 2.45) is 5.92 Å². The molecule has 1 aliphatic rings. The van der Waals surface area contributed by atoms with Gasteiger partial charge in [0.05, 0.1) is 12.7 Å². The molecule has 0 saturated carbocycles. The van der Waals surface area contributed by atoms with E-state index in [1.54, 1.807) is 0 Å². The molecule has 1 saturated heterocycles. The zero-order valence-electron chi connectivity index (χ0n) is 9.45. The number of aliphatic hydroxyl groups excluding tert-OH is 1. The van der Waals surface area contributed by atoms with E-state index >= 15 is 0 Å². The summed E-state index contributed by atoms with van der Waals surface area (Å²) in [5.41, 5.74) is 2.02. The highest BCUT2D eigenvalue weighted by Crippen LogP contribution is 2.31. The van der Waals surface area contributed by atoms with Crippen molar-refractivity contribution in [1.82, 2.24) is 0 Å². The summed E-state index contributed by atoms with van der Waals surface area (Å²) in [5, 5.41) is 11.0. The van der Waals surface area contributed by atoms with E-state index in [1.807, 2.05) is 25.1 Å². The first-order chi connectivity index (χ1) is 7.68. The van der Waals surface area contributed by atoms with Gasteiger partial charge in [-0.3, -0.25) is 0 Å². The molecular formula is C13H17ClO2. The summed E-state index contributed by atoms with van der Waals surface area (Å²) in [6, 6.07) is 5.66. The van der Waals surface area contributed by atoms with E-state index in [0.29, 0.717) is 11.6 Å². The molecule has 0 aliphatic carbocycles. The Morgan fingerprint density at radius 2 is 2.31 bits per heavy atom. The van der Waals surface area contributed by atoms with Crippen molar-refractivity contribution < 1.29 is 9.84 Å². The van der Waals surface area contributed by atoms with Crippen LogP contribution in [-0.4, -0.2) is 18.3 Å². The van der Waals surface area contributed by atoms with Gasteiger partial charge in [0.15, 0.2) is 0 Å². The van der Waals surface area contributed by atoms with Gasteiger partial charge in [-0.2, -0.15) is 0 Å². The molecule has 1 aliphatic heterocycles. The lowest BCUT2D eigenvalue weighted by Gasteiger charge is -2.27. The minimum Gasteiger partial charge on any atom is -0.388 e. The van der Waals surface area contributed by atoms with Gasteiger partial charge < -0.3 is 9.84 Å². The van der Waals surface area contributed by atoms with Crippen LogP contribution in [-0.2, 0) is 4.74 Å². The van der Waals surface area contributed by atoms with Gasteiger partial charge in [0.1, 0.15) is 0 Å². The van der Waals surface area contributed by atoms with E-state index in [-0.39, 0.29) is 5.92 Å². The number of hydrogen-bond acceptors (Lipinski definition) is 2. The zero-order chi connectivity index (χ0) is 11.5. The first-order valence-electron chi connectivity index (χ1n) is 5.70. The lowest BCUT2D eigenvalue weighted by atomic mass is 9.89. The second-order valence-corrected chi connectivity index (χ2v) is 4.86. The van der Waals surface area contributed by atoms with Crippen molar-refractivity contribution in [3.8, 4) is 0 Å². The molecule has 2 nitrogen and oxygen atoms in total. The normalized spacial score (nSPS) is 23.1. The highest BCUT2D eigenvalue weighted by atomic mass is 35.5.